The van der Waals surface area contributed by atoms with Crippen molar-refractivity contribution in [2.45, 2.75) is 0 Å². The Morgan fingerprint density at radius 2 is 2.42 bits per heavy atom. The molecule has 1 heterocycles. The van der Waals surface area contributed by atoms with E-state index in [0.29, 0.717) is 5.69 Å². The fourth-order valence-corrected chi connectivity index (χ4v) is 0.594. The Hall–Kier alpha value is -1.85. The molecule has 0 saturated carbocycles. The highest BCUT2D eigenvalue weighted by molar-refractivity contribution is 6.37. The van der Waals surface area contributed by atoms with Crippen LogP contribution in [0.1, 0.15) is 0 Å². The Balaban J connectivity index is 2.53. The predicted molar refractivity (Wildman–Crippen MR) is 39.2 cm³/mol. The minimum Gasteiger partial charge on any atom is -0.462 e. The quantitative estimate of drug-likeness (QED) is 0.439. The number of carbonyl (C=O) groups is 2. The van der Waals surface area contributed by atoms with Crippen molar-refractivity contribution in [2.24, 2.45) is 0 Å². The summed E-state index contributed by atoms with van der Waals surface area (Å²) >= 11 is 0. The smallest absolute Gasteiger partial charge is 0.396 e. The van der Waals surface area contributed by atoms with Gasteiger partial charge >= 0.3 is 11.9 Å². The molecule has 0 unspecified atom stereocenters. The second-order valence-corrected chi connectivity index (χ2v) is 1.93. The average molecular weight is 169 g/mol. The Bertz CT molecular complexity index is 280. The molecule has 1 aromatic heterocycles. The minimum absolute atomic E-state index is 0.422. The predicted octanol–water partition coefficient (Wildman–Crippen LogP) is -0.479. The van der Waals surface area contributed by atoms with E-state index in [4.69, 9.17) is 0 Å². The van der Waals surface area contributed by atoms with Crippen molar-refractivity contribution in [3.63, 3.8) is 0 Å². The van der Waals surface area contributed by atoms with E-state index in [-0.39, 0.29) is 0 Å². The first-order valence-electron chi connectivity index (χ1n) is 3.12. The fraction of sp³-hybridized carbons (Fsp3) is 0.167. The maximum absolute atomic E-state index is 10.8. The normalized spacial score (nSPS) is 9.08. The average Bonchev–Trinajstić information content (AvgIpc) is 2.55. The molecule has 0 saturated heterocycles. The number of nitrogens with zero attached hydrogens (tertiary/aromatic N) is 1. The van der Waals surface area contributed by atoms with Crippen LogP contribution in [0.15, 0.2) is 12.4 Å². The molecule has 0 spiro atoms. The second-order valence-electron chi connectivity index (χ2n) is 1.93. The van der Waals surface area contributed by atoms with Crippen LogP contribution in [0.4, 0.5) is 5.69 Å². The van der Waals surface area contributed by atoms with Crippen LogP contribution in [0.5, 0.6) is 0 Å². The Labute approximate surface area is 67.9 Å². The van der Waals surface area contributed by atoms with Gasteiger partial charge in [-0.05, 0) is 0 Å². The molecule has 0 atom stereocenters. The minimum atomic E-state index is -0.934. The molecule has 0 aromatic carbocycles. The lowest BCUT2D eigenvalue weighted by Crippen LogP contribution is -2.23. The van der Waals surface area contributed by atoms with Crippen LogP contribution in [-0.4, -0.2) is 29.2 Å². The van der Waals surface area contributed by atoms with Crippen LogP contribution in [0.25, 0.3) is 0 Å². The van der Waals surface area contributed by atoms with Crippen molar-refractivity contribution in [1.82, 2.24) is 10.2 Å². The first-order chi connectivity index (χ1) is 5.74. The lowest BCUT2D eigenvalue weighted by atomic mass is 10.5. The van der Waals surface area contributed by atoms with Crippen LogP contribution in [0.3, 0.4) is 0 Å². The largest absolute Gasteiger partial charge is 0.462 e. The SMILES string of the molecule is COC(=O)C(=O)Nc1cn[nH]c1. The highest BCUT2D eigenvalue weighted by atomic mass is 16.5. The molecule has 1 rings (SSSR count). The van der Waals surface area contributed by atoms with E-state index in [1.165, 1.54) is 12.4 Å². The monoisotopic (exact) mass is 169 g/mol. The number of methoxy groups -OCH3 is 1. The van der Waals surface area contributed by atoms with Gasteiger partial charge in [0.1, 0.15) is 0 Å². The zero-order valence-corrected chi connectivity index (χ0v) is 6.33. The highest BCUT2D eigenvalue weighted by Gasteiger charge is 2.13. The molecule has 0 radical (unpaired) electrons. The third-order valence-corrected chi connectivity index (χ3v) is 1.13. The zero-order chi connectivity index (χ0) is 8.97. The maximum Gasteiger partial charge on any atom is 0.396 e. The Morgan fingerprint density at radius 3 is 2.92 bits per heavy atom. The van der Waals surface area contributed by atoms with Crippen LogP contribution in [0.2, 0.25) is 0 Å². The topological polar surface area (TPSA) is 84.1 Å². The first-order valence-corrected chi connectivity index (χ1v) is 3.12. The maximum atomic E-state index is 10.8. The summed E-state index contributed by atoms with van der Waals surface area (Å²) in [5.41, 5.74) is 0.422. The fourth-order valence-electron chi connectivity index (χ4n) is 0.594. The molecule has 2 N–H and O–H groups in total. The van der Waals surface area contributed by atoms with Gasteiger partial charge in [-0.2, -0.15) is 5.10 Å². The van der Waals surface area contributed by atoms with Gasteiger partial charge in [0.05, 0.1) is 19.0 Å². The van der Waals surface area contributed by atoms with Crippen LogP contribution < -0.4 is 5.32 Å². The summed E-state index contributed by atoms with van der Waals surface area (Å²) in [7, 11) is 1.14. The van der Waals surface area contributed by atoms with Gasteiger partial charge in [0, 0.05) is 6.20 Å². The molecule has 1 aromatic rings. The number of aromatic nitrogens is 2. The van der Waals surface area contributed by atoms with E-state index >= 15 is 0 Å². The summed E-state index contributed by atoms with van der Waals surface area (Å²) in [5.74, 6) is -1.75. The number of esters is 1. The molecule has 6 heteroatoms. The van der Waals surface area contributed by atoms with Gasteiger partial charge in [-0.3, -0.25) is 9.89 Å². The molecule has 0 aliphatic rings. The van der Waals surface area contributed by atoms with E-state index in [1.807, 2.05) is 0 Å². The van der Waals surface area contributed by atoms with Crippen molar-refractivity contribution >= 4 is 17.6 Å². The van der Waals surface area contributed by atoms with Crippen molar-refractivity contribution in [3.8, 4) is 0 Å². The van der Waals surface area contributed by atoms with Crippen molar-refractivity contribution in [3.05, 3.63) is 12.4 Å². The van der Waals surface area contributed by atoms with Crippen molar-refractivity contribution in [1.29, 1.82) is 0 Å². The van der Waals surface area contributed by atoms with Gasteiger partial charge in [-0.1, -0.05) is 0 Å². The Kier molecular flexibility index (Phi) is 2.42. The lowest BCUT2D eigenvalue weighted by Gasteiger charge is -1.97. The number of hydrogen-bond donors (Lipinski definition) is 2. The molecule has 0 bridgehead atoms. The first kappa shape index (κ1) is 8.25. The number of amides is 1. The summed E-state index contributed by atoms with van der Waals surface area (Å²) in [6.45, 7) is 0. The number of anilines is 1. The summed E-state index contributed by atoms with van der Waals surface area (Å²) in [6, 6.07) is 0. The highest BCUT2D eigenvalue weighted by Crippen LogP contribution is 2.00. The number of ether oxygens (including phenoxy) is 1. The number of H-pyrrole nitrogens is 1. The number of aromatic amines is 1. The molecule has 0 aliphatic heterocycles. The third kappa shape index (κ3) is 1.82. The number of hydrogen-bond acceptors (Lipinski definition) is 4. The van der Waals surface area contributed by atoms with Gasteiger partial charge in [-0.15, -0.1) is 0 Å². The van der Waals surface area contributed by atoms with Gasteiger partial charge in [0.15, 0.2) is 0 Å². The molecule has 1 amide bonds. The molecule has 0 fully saturated rings. The molecular formula is C6H7N3O3. The molecular weight excluding hydrogens is 162 g/mol. The van der Waals surface area contributed by atoms with Gasteiger partial charge in [-0.25, -0.2) is 4.79 Å². The number of carbonyl (C=O) groups excluding carboxylic acids is 2. The van der Waals surface area contributed by atoms with Crippen LogP contribution in [0, 0.1) is 0 Å². The van der Waals surface area contributed by atoms with E-state index in [1.54, 1.807) is 0 Å². The van der Waals surface area contributed by atoms with Crippen molar-refractivity contribution < 1.29 is 14.3 Å². The zero-order valence-electron chi connectivity index (χ0n) is 6.33. The van der Waals surface area contributed by atoms with Gasteiger partial charge < -0.3 is 10.1 Å². The number of nitrogens with one attached hydrogen (secondary N) is 2. The van der Waals surface area contributed by atoms with Crippen LogP contribution >= 0.6 is 0 Å². The van der Waals surface area contributed by atoms with Crippen LogP contribution in [-0.2, 0) is 14.3 Å². The summed E-state index contributed by atoms with van der Waals surface area (Å²) < 4.78 is 4.18. The summed E-state index contributed by atoms with van der Waals surface area (Å²) in [4.78, 5) is 21.4. The Morgan fingerprint density at radius 1 is 1.67 bits per heavy atom. The summed E-state index contributed by atoms with van der Waals surface area (Å²) in [6.07, 6.45) is 2.82. The van der Waals surface area contributed by atoms with Crippen molar-refractivity contribution in [2.75, 3.05) is 12.4 Å². The molecule has 0 aliphatic carbocycles. The molecule has 12 heavy (non-hydrogen) atoms. The van der Waals surface area contributed by atoms with E-state index in [9.17, 15) is 9.59 Å². The van der Waals surface area contributed by atoms with E-state index in [2.05, 4.69) is 20.3 Å². The standard InChI is InChI=1S/C6H7N3O3/c1-12-6(11)5(10)9-4-2-7-8-3-4/h2-3H,1H3,(H,7,8)(H,9,10). The lowest BCUT2D eigenvalue weighted by molar-refractivity contribution is -0.150. The third-order valence-electron chi connectivity index (χ3n) is 1.13. The second kappa shape index (κ2) is 3.51. The van der Waals surface area contributed by atoms with E-state index in [0.717, 1.165) is 7.11 Å². The van der Waals surface area contributed by atoms with Gasteiger partial charge in [0.2, 0.25) is 0 Å². The molecule has 6 nitrogen and oxygen atoms in total. The summed E-state index contributed by atoms with van der Waals surface area (Å²) in [5, 5.41) is 8.31. The number of rotatable bonds is 1. The molecule has 64 valence electrons. The van der Waals surface area contributed by atoms with Gasteiger partial charge in [0.25, 0.3) is 0 Å². The van der Waals surface area contributed by atoms with E-state index < -0.39 is 11.9 Å².